The molecule has 1 aliphatic rings. The van der Waals surface area contributed by atoms with Crippen LogP contribution in [0.3, 0.4) is 0 Å². The lowest BCUT2D eigenvalue weighted by Gasteiger charge is -2.25. The average Bonchev–Trinajstić information content (AvgIpc) is 2.85. The molecule has 0 bridgehead atoms. The van der Waals surface area contributed by atoms with E-state index in [-0.39, 0.29) is 5.97 Å². The van der Waals surface area contributed by atoms with Crippen LogP contribution in [0.25, 0.3) is 0 Å². The maximum Gasteiger partial charge on any atom is 0.338 e. The quantitative estimate of drug-likeness (QED) is 0.723. The van der Waals surface area contributed by atoms with Gasteiger partial charge in [0.1, 0.15) is 12.4 Å². The van der Waals surface area contributed by atoms with Gasteiger partial charge in [0.25, 0.3) is 0 Å². The predicted molar refractivity (Wildman–Crippen MR) is 87.4 cm³/mol. The van der Waals surface area contributed by atoms with Crippen LogP contribution in [0.2, 0.25) is 0 Å². The summed E-state index contributed by atoms with van der Waals surface area (Å²) in [5.41, 5.74) is 0.575. The Bertz CT molecular complexity index is 462. The highest BCUT2D eigenvalue weighted by molar-refractivity contribution is 5.89. The van der Waals surface area contributed by atoms with E-state index >= 15 is 0 Å². The van der Waals surface area contributed by atoms with Crippen molar-refractivity contribution in [1.82, 2.24) is 4.90 Å². The fourth-order valence-electron chi connectivity index (χ4n) is 2.92. The van der Waals surface area contributed by atoms with Crippen molar-refractivity contribution in [3.63, 3.8) is 0 Å². The molecule has 122 valence electrons. The Hall–Kier alpha value is -1.55. The van der Waals surface area contributed by atoms with Crippen molar-refractivity contribution in [1.29, 1.82) is 0 Å². The average molecular weight is 305 g/mol. The van der Waals surface area contributed by atoms with Gasteiger partial charge in [-0.2, -0.15) is 0 Å². The van der Waals surface area contributed by atoms with Gasteiger partial charge in [0.15, 0.2) is 0 Å². The monoisotopic (exact) mass is 305 g/mol. The Labute approximate surface area is 133 Å². The lowest BCUT2D eigenvalue weighted by atomic mass is 10.2. The van der Waals surface area contributed by atoms with Gasteiger partial charge in [-0.05, 0) is 57.4 Å². The summed E-state index contributed by atoms with van der Waals surface area (Å²) < 4.78 is 10.9. The molecule has 0 aliphatic carbocycles. The van der Waals surface area contributed by atoms with E-state index in [0.29, 0.717) is 30.9 Å². The molecular weight excluding hydrogens is 278 g/mol. The molecule has 0 radical (unpaired) electrons. The Kier molecular flexibility index (Phi) is 6.25. The molecule has 2 atom stereocenters. The number of ether oxygens (including phenoxy) is 2. The molecule has 0 saturated carbocycles. The van der Waals surface area contributed by atoms with E-state index in [1.54, 1.807) is 12.1 Å². The van der Waals surface area contributed by atoms with Crippen LogP contribution in [0.4, 0.5) is 0 Å². The zero-order valence-corrected chi connectivity index (χ0v) is 13.9. The van der Waals surface area contributed by atoms with Crippen molar-refractivity contribution in [2.24, 2.45) is 0 Å². The molecule has 2 rings (SSSR count). The van der Waals surface area contributed by atoms with E-state index in [9.17, 15) is 4.79 Å². The van der Waals surface area contributed by atoms with Crippen LogP contribution in [0.5, 0.6) is 5.75 Å². The third-order valence-corrected chi connectivity index (χ3v) is 4.28. The van der Waals surface area contributed by atoms with Gasteiger partial charge in [0.05, 0.1) is 12.2 Å². The van der Waals surface area contributed by atoms with Crippen LogP contribution in [0, 0.1) is 0 Å². The zero-order valence-electron chi connectivity index (χ0n) is 13.9. The third-order valence-electron chi connectivity index (χ3n) is 4.28. The van der Waals surface area contributed by atoms with Crippen molar-refractivity contribution < 1.29 is 14.3 Å². The van der Waals surface area contributed by atoms with Crippen LogP contribution < -0.4 is 4.74 Å². The van der Waals surface area contributed by atoms with E-state index in [4.69, 9.17) is 9.47 Å². The molecule has 0 N–H and O–H groups in total. The highest BCUT2D eigenvalue weighted by Crippen LogP contribution is 2.22. The predicted octanol–water partition coefficient (Wildman–Crippen LogP) is 3.51. The minimum Gasteiger partial charge on any atom is -0.494 e. The summed E-state index contributed by atoms with van der Waals surface area (Å²) in [4.78, 5) is 14.4. The number of hydrogen-bond donors (Lipinski definition) is 0. The molecule has 0 spiro atoms. The van der Waals surface area contributed by atoms with E-state index < -0.39 is 0 Å². The van der Waals surface area contributed by atoms with Crippen molar-refractivity contribution in [3.8, 4) is 5.75 Å². The smallest absolute Gasteiger partial charge is 0.338 e. The van der Waals surface area contributed by atoms with E-state index in [0.717, 1.165) is 18.7 Å². The molecule has 1 fully saturated rings. The number of likely N-dealkylation sites (tertiary alicyclic amines) is 1. The van der Waals surface area contributed by atoms with Gasteiger partial charge in [-0.25, -0.2) is 4.79 Å². The number of carbonyl (C=O) groups excluding carboxylic acids is 1. The molecule has 4 heteroatoms. The van der Waals surface area contributed by atoms with Gasteiger partial charge in [0, 0.05) is 18.6 Å². The topological polar surface area (TPSA) is 38.8 Å². The first-order valence-corrected chi connectivity index (χ1v) is 8.27. The summed E-state index contributed by atoms with van der Waals surface area (Å²) in [6, 6.07) is 8.32. The maximum atomic E-state index is 12.0. The van der Waals surface area contributed by atoms with Crippen molar-refractivity contribution in [2.75, 3.05) is 19.8 Å². The van der Waals surface area contributed by atoms with E-state index in [1.165, 1.54) is 12.8 Å². The zero-order chi connectivity index (χ0) is 15.9. The van der Waals surface area contributed by atoms with E-state index in [1.807, 2.05) is 12.1 Å². The molecule has 1 aromatic carbocycles. The number of hydrogen-bond acceptors (Lipinski definition) is 4. The number of esters is 1. The summed E-state index contributed by atoms with van der Waals surface area (Å²) in [5, 5.41) is 0. The largest absolute Gasteiger partial charge is 0.494 e. The minimum absolute atomic E-state index is 0.262. The van der Waals surface area contributed by atoms with Gasteiger partial charge in [-0.15, -0.1) is 0 Å². The van der Waals surface area contributed by atoms with Crippen molar-refractivity contribution >= 4 is 5.97 Å². The van der Waals surface area contributed by atoms with E-state index in [2.05, 4.69) is 25.7 Å². The normalized spacial score (nSPS) is 21.8. The number of nitrogens with zero attached hydrogens (tertiary/aromatic N) is 1. The maximum absolute atomic E-state index is 12.0. The molecule has 22 heavy (non-hydrogen) atoms. The fraction of sp³-hybridized carbons (Fsp3) is 0.611. The van der Waals surface area contributed by atoms with Gasteiger partial charge >= 0.3 is 5.97 Å². The highest BCUT2D eigenvalue weighted by Gasteiger charge is 2.26. The molecule has 0 aromatic heterocycles. The van der Waals surface area contributed by atoms with Crippen LogP contribution >= 0.6 is 0 Å². The first-order valence-electron chi connectivity index (χ1n) is 8.27. The van der Waals surface area contributed by atoms with Crippen molar-refractivity contribution in [2.45, 2.75) is 52.1 Å². The first kappa shape index (κ1) is 16.8. The fourth-order valence-corrected chi connectivity index (χ4v) is 2.92. The summed E-state index contributed by atoms with van der Waals surface area (Å²) in [6.45, 7) is 8.48. The number of benzene rings is 1. The van der Waals surface area contributed by atoms with Crippen LogP contribution in [0.15, 0.2) is 24.3 Å². The summed E-state index contributed by atoms with van der Waals surface area (Å²) in [7, 11) is 0. The number of rotatable bonds is 7. The second-order valence-electron chi connectivity index (χ2n) is 6.02. The molecule has 0 amide bonds. The highest BCUT2D eigenvalue weighted by atomic mass is 16.5. The molecule has 1 heterocycles. The summed E-state index contributed by atoms with van der Waals surface area (Å²) in [5.74, 6) is 0.527. The Morgan fingerprint density at radius 1 is 1.14 bits per heavy atom. The van der Waals surface area contributed by atoms with Gasteiger partial charge in [-0.3, -0.25) is 4.90 Å². The summed E-state index contributed by atoms with van der Waals surface area (Å²) >= 11 is 0. The number of carbonyl (C=O) groups is 1. The first-order chi connectivity index (χ1) is 10.6. The second-order valence-corrected chi connectivity index (χ2v) is 6.02. The minimum atomic E-state index is -0.262. The molecule has 1 aliphatic heterocycles. The lowest BCUT2D eigenvalue weighted by molar-refractivity contribution is 0.0438. The lowest BCUT2D eigenvalue weighted by Crippen LogP contribution is -2.35. The third kappa shape index (κ3) is 4.47. The van der Waals surface area contributed by atoms with Crippen LogP contribution in [-0.2, 0) is 4.74 Å². The van der Waals surface area contributed by atoms with Gasteiger partial charge in [0.2, 0.25) is 0 Å². The molecule has 1 aromatic rings. The van der Waals surface area contributed by atoms with Crippen LogP contribution in [0.1, 0.15) is 50.4 Å². The second kappa shape index (κ2) is 8.18. The molecule has 1 saturated heterocycles. The SMILES string of the molecule is CCCOc1ccc(C(=O)OCCN2[C@H](C)CC[C@@H]2C)cc1. The Morgan fingerprint density at radius 2 is 1.77 bits per heavy atom. The van der Waals surface area contributed by atoms with Crippen molar-refractivity contribution in [3.05, 3.63) is 29.8 Å². The standard InChI is InChI=1S/C18H27NO3/c1-4-12-21-17-9-7-16(8-10-17)18(20)22-13-11-19-14(2)5-6-15(19)3/h7-10,14-15H,4-6,11-13H2,1-3H3/t14-,15+. The summed E-state index contributed by atoms with van der Waals surface area (Å²) in [6.07, 6.45) is 3.43. The van der Waals surface area contributed by atoms with Gasteiger partial charge < -0.3 is 9.47 Å². The van der Waals surface area contributed by atoms with Gasteiger partial charge in [-0.1, -0.05) is 6.92 Å². The Balaban J connectivity index is 1.77. The van der Waals surface area contributed by atoms with Crippen LogP contribution in [-0.4, -0.2) is 42.7 Å². The molecule has 4 nitrogen and oxygen atoms in total. The molecule has 0 unspecified atom stereocenters. The Morgan fingerprint density at radius 3 is 2.36 bits per heavy atom. The molecular formula is C18H27NO3.